The fourth-order valence-corrected chi connectivity index (χ4v) is 3.37. The third-order valence-corrected chi connectivity index (χ3v) is 4.90. The van der Waals surface area contributed by atoms with Crippen LogP contribution in [0.25, 0.3) is 5.69 Å². The smallest absolute Gasteiger partial charge is 0.257 e. The molecule has 3 aromatic rings. The van der Waals surface area contributed by atoms with Gasteiger partial charge in [-0.05, 0) is 34.7 Å². The van der Waals surface area contributed by atoms with Gasteiger partial charge < -0.3 is 9.64 Å². The molecule has 144 valence electrons. The summed E-state index contributed by atoms with van der Waals surface area (Å²) in [6.45, 7) is 3.48. The van der Waals surface area contributed by atoms with E-state index in [0.29, 0.717) is 30.9 Å². The fourth-order valence-electron chi connectivity index (χ4n) is 3.37. The third kappa shape index (κ3) is 3.72. The van der Waals surface area contributed by atoms with Crippen LogP contribution in [-0.2, 0) is 6.54 Å². The second-order valence-corrected chi connectivity index (χ2v) is 6.61. The number of hydrogen-bond acceptors (Lipinski definition) is 6. The summed E-state index contributed by atoms with van der Waals surface area (Å²) >= 11 is 0. The van der Waals surface area contributed by atoms with E-state index in [9.17, 15) is 4.79 Å². The zero-order valence-corrected chi connectivity index (χ0v) is 15.7. The Kier molecular flexibility index (Phi) is 5.29. The Morgan fingerprint density at radius 2 is 1.71 bits per heavy atom. The summed E-state index contributed by atoms with van der Waals surface area (Å²) in [6.07, 6.45) is 0. The normalized spacial score (nSPS) is 14.8. The van der Waals surface area contributed by atoms with E-state index in [0.717, 1.165) is 24.6 Å². The van der Waals surface area contributed by atoms with Crippen LogP contribution < -0.4 is 4.74 Å². The molecule has 0 atom stereocenters. The van der Waals surface area contributed by atoms with Gasteiger partial charge in [0.1, 0.15) is 5.75 Å². The number of ether oxygens (including phenoxy) is 1. The van der Waals surface area contributed by atoms with E-state index in [1.807, 2.05) is 59.5 Å². The predicted octanol–water partition coefficient (Wildman–Crippen LogP) is 1.63. The molecule has 4 rings (SSSR count). The predicted molar refractivity (Wildman–Crippen MR) is 103 cm³/mol. The van der Waals surface area contributed by atoms with Crippen LogP contribution in [0.3, 0.4) is 0 Å². The highest BCUT2D eigenvalue weighted by atomic mass is 16.5. The molecule has 1 amide bonds. The molecule has 2 aromatic carbocycles. The SMILES string of the molecule is COc1ccccc1C(=O)N1CCN(Cc2nnnn2-c2ccccc2)CC1. The Morgan fingerprint density at radius 1 is 1.00 bits per heavy atom. The molecule has 1 saturated heterocycles. The van der Waals surface area contributed by atoms with Crippen molar-refractivity contribution in [2.75, 3.05) is 33.3 Å². The van der Waals surface area contributed by atoms with Crippen molar-refractivity contribution < 1.29 is 9.53 Å². The molecule has 0 saturated carbocycles. The first-order valence-corrected chi connectivity index (χ1v) is 9.23. The van der Waals surface area contributed by atoms with Crippen LogP contribution in [0.5, 0.6) is 5.75 Å². The van der Waals surface area contributed by atoms with Gasteiger partial charge in [0.2, 0.25) is 0 Å². The molecule has 8 heteroatoms. The minimum atomic E-state index is 0.00576. The number of benzene rings is 2. The van der Waals surface area contributed by atoms with E-state index in [2.05, 4.69) is 20.4 Å². The largest absolute Gasteiger partial charge is 0.496 e. The maximum atomic E-state index is 12.8. The van der Waals surface area contributed by atoms with E-state index in [1.54, 1.807) is 11.8 Å². The van der Waals surface area contributed by atoms with Crippen LogP contribution in [0.4, 0.5) is 0 Å². The molecule has 0 spiro atoms. The van der Waals surface area contributed by atoms with Gasteiger partial charge in [-0.25, -0.2) is 0 Å². The van der Waals surface area contributed by atoms with Gasteiger partial charge in [-0.1, -0.05) is 30.3 Å². The summed E-state index contributed by atoms with van der Waals surface area (Å²) in [4.78, 5) is 17.0. The zero-order valence-electron chi connectivity index (χ0n) is 15.7. The van der Waals surface area contributed by atoms with Crippen LogP contribution in [-0.4, -0.2) is 69.2 Å². The Bertz CT molecular complexity index is 935. The van der Waals surface area contributed by atoms with Crippen molar-refractivity contribution in [1.82, 2.24) is 30.0 Å². The third-order valence-electron chi connectivity index (χ3n) is 4.90. The van der Waals surface area contributed by atoms with E-state index >= 15 is 0 Å². The van der Waals surface area contributed by atoms with Gasteiger partial charge >= 0.3 is 0 Å². The lowest BCUT2D eigenvalue weighted by Gasteiger charge is -2.34. The lowest BCUT2D eigenvalue weighted by Crippen LogP contribution is -2.48. The summed E-state index contributed by atoms with van der Waals surface area (Å²) in [6, 6.07) is 17.2. The number of nitrogens with zero attached hydrogens (tertiary/aromatic N) is 6. The molecule has 1 aliphatic rings. The number of amides is 1. The van der Waals surface area contributed by atoms with Crippen molar-refractivity contribution in [3.8, 4) is 11.4 Å². The van der Waals surface area contributed by atoms with Crippen LogP contribution in [0, 0.1) is 0 Å². The van der Waals surface area contributed by atoms with Gasteiger partial charge in [0, 0.05) is 26.2 Å². The van der Waals surface area contributed by atoms with E-state index in [1.165, 1.54) is 0 Å². The number of hydrogen-bond donors (Lipinski definition) is 0. The highest BCUT2D eigenvalue weighted by molar-refractivity contribution is 5.97. The summed E-state index contributed by atoms with van der Waals surface area (Å²) < 4.78 is 7.08. The minimum absolute atomic E-state index is 0.00576. The lowest BCUT2D eigenvalue weighted by atomic mass is 10.1. The van der Waals surface area contributed by atoms with Crippen LogP contribution >= 0.6 is 0 Å². The average Bonchev–Trinajstić information content (AvgIpc) is 3.22. The number of tetrazole rings is 1. The Labute approximate surface area is 163 Å². The van der Waals surface area contributed by atoms with Crippen LogP contribution in [0.2, 0.25) is 0 Å². The number of methoxy groups -OCH3 is 1. The molecule has 1 aliphatic heterocycles. The molecule has 1 fully saturated rings. The zero-order chi connectivity index (χ0) is 19.3. The van der Waals surface area contributed by atoms with Crippen molar-refractivity contribution in [1.29, 1.82) is 0 Å². The van der Waals surface area contributed by atoms with Crippen molar-refractivity contribution in [3.05, 3.63) is 66.0 Å². The molecule has 0 aliphatic carbocycles. The van der Waals surface area contributed by atoms with Gasteiger partial charge in [-0.3, -0.25) is 9.69 Å². The van der Waals surface area contributed by atoms with E-state index in [4.69, 9.17) is 4.74 Å². The topological polar surface area (TPSA) is 76.4 Å². The van der Waals surface area contributed by atoms with Gasteiger partial charge in [0.15, 0.2) is 5.82 Å². The van der Waals surface area contributed by atoms with Gasteiger partial charge in [-0.2, -0.15) is 4.68 Å². The minimum Gasteiger partial charge on any atom is -0.496 e. The highest BCUT2D eigenvalue weighted by Crippen LogP contribution is 2.20. The molecule has 8 nitrogen and oxygen atoms in total. The number of carbonyl (C=O) groups is 1. The van der Waals surface area contributed by atoms with Crippen molar-refractivity contribution in [3.63, 3.8) is 0 Å². The Morgan fingerprint density at radius 3 is 2.46 bits per heavy atom. The summed E-state index contributed by atoms with van der Waals surface area (Å²) in [5.41, 5.74) is 1.54. The molecule has 2 heterocycles. The molecular weight excluding hydrogens is 356 g/mol. The summed E-state index contributed by atoms with van der Waals surface area (Å²) in [5, 5.41) is 12.1. The standard InChI is InChI=1S/C20H22N6O2/c1-28-18-10-6-5-9-17(18)20(27)25-13-11-24(12-14-25)15-19-21-22-23-26(19)16-7-3-2-4-8-16/h2-10H,11-15H2,1H3. The first-order chi connectivity index (χ1) is 13.8. The average molecular weight is 378 g/mol. The van der Waals surface area contributed by atoms with Crippen molar-refractivity contribution in [2.24, 2.45) is 0 Å². The molecule has 0 bridgehead atoms. The maximum Gasteiger partial charge on any atom is 0.257 e. The first kappa shape index (κ1) is 18.1. The summed E-state index contributed by atoms with van der Waals surface area (Å²) in [7, 11) is 1.58. The number of rotatable bonds is 5. The van der Waals surface area contributed by atoms with E-state index < -0.39 is 0 Å². The number of aromatic nitrogens is 4. The second-order valence-electron chi connectivity index (χ2n) is 6.61. The quantitative estimate of drug-likeness (QED) is 0.672. The molecule has 0 unspecified atom stereocenters. The maximum absolute atomic E-state index is 12.8. The fraction of sp³-hybridized carbons (Fsp3) is 0.300. The second kappa shape index (κ2) is 8.18. The summed E-state index contributed by atoms with van der Waals surface area (Å²) in [5.74, 6) is 1.40. The Balaban J connectivity index is 1.39. The molecule has 1 aromatic heterocycles. The molecule has 0 N–H and O–H groups in total. The monoisotopic (exact) mass is 378 g/mol. The number of para-hydroxylation sites is 2. The van der Waals surface area contributed by atoms with Crippen molar-refractivity contribution >= 4 is 5.91 Å². The van der Waals surface area contributed by atoms with Gasteiger partial charge in [-0.15, -0.1) is 5.10 Å². The van der Waals surface area contributed by atoms with Crippen LogP contribution in [0.15, 0.2) is 54.6 Å². The first-order valence-electron chi connectivity index (χ1n) is 9.23. The number of carbonyl (C=O) groups excluding carboxylic acids is 1. The lowest BCUT2D eigenvalue weighted by molar-refractivity contribution is 0.0621. The Hall–Kier alpha value is -3.26. The van der Waals surface area contributed by atoms with Gasteiger partial charge in [0.25, 0.3) is 5.91 Å². The molecule has 28 heavy (non-hydrogen) atoms. The van der Waals surface area contributed by atoms with E-state index in [-0.39, 0.29) is 5.91 Å². The van der Waals surface area contributed by atoms with Crippen LogP contribution in [0.1, 0.15) is 16.2 Å². The molecular formula is C20H22N6O2. The number of piperazine rings is 1. The highest BCUT2D eigenvalue weighted by Gasteiger charge is 2.25. The van der Waals surface area contributed by atoms with Crippen molar-refractivity contribution in [2.45, 2.75) is 6.54 Å². The molecule has 0 radical (unpaired) electrons. The van der Waals surface area contributed by atoms with Gasteiger partial charge in [0.05, 0.1) is 24.9 Å².